The van der Waals surface area contributed by atoms with Crippen LogP contribution in [0.2, 0.25) is 0 Å². The van der Waals surface area contributed by atoms with E-state index in [2.05, 4.69) is 27.6 Å². The Labute approximate surface area is 141 Å². The Balaban J connectivity index is 1.92. The molecule has 0 radical (unpaired) electrons. The Bertz CT molecular complexity index is 841. The highest BCUT2D eigenvalue weighted by Gasteiger charge is 2.16. The van der Waals surface area contributed by atoms with Gasteiger partial charge in [0.1, 0.15) is 0 Å². The molecular weight excluding hydrogens is 330 g/mol. The van der Waals surface area contributed by atoms with E-state index in [9.17, 15) is 14.4 Å². The van der Waals surface area contributed by atoms with Crippen LogP contribution in [0.3, 0.4) is 0 Å². The third-order valence-corrected chi connectivity index (χ3v) is 4.18. The van der Waals surface area contributed by atoms with E-state index in [-0.39, 0.29) is 10.9 Å². The number of carbonyl (C=O) groups excluding carboxylic acids is 1. The summed E-state index contributed by atoms with van der Waals surface area (Å²) in [6.07, 6.45) is 2.50. The molecule has 126 valence electrons. The van der Waals surface area contributed by atoms with Gasteiger partial charge in [0.15, 0.2) is 5.03 Å². The molecule has 0 aliphatic heterocycles. The van der Waals surface area contributed by atoms with Crippen LogP contribution in [0.15, 0.2) is 44.0 Å². The van der Waals surface area contributed by atoms with E-state index in [1.807, 2.05) is 29.2 Å². The Hall–Kier alpha value is -2.68. The van der Waals surface area contributed by atoms with Gasteiger partial charge >= 0.3 is 5.69 Å². The molecule has 0 fully saturated rings. The lowest BCUT2D eigenvalue weighted by Gasteiger charge is -2.07. The number of carbonyl (C=O) groups is 1. The Kier molecular flexibility index (Phi) is 6.07. The first-order valence-electron chi connectivity index (χ1n) is 7.27. The van der Waals surface area contributed by atoms with E-state index in [0.717, 1.165) is 23.7 Å². The zero-order valence-electron chi connectivity index (χ0n) is 13.2. The molecule has 2 aromatic rings. The van der Waals surface area contributed by atoms with E-state index >= 15 is 0 Å². The molecule has 1 aromatic carbocycles. The van der Waals surface area contributed by atoms with Crippen LogP contribution in [0.1, 0.15) is 25.0 Å². The Morgan fingerprint density at radius 3 is 2.71 bits per heavy atom. The van der Waals surface area contributed by atoms with Crippen molar-refractivity contribution in [1.82, 2.24) is 20.6 Å². The number of hydrogen-bond donors (Lipinski definition) is 3. The molecule has 24 heavy (non-hydrogen) atoms. The number of hydrogen-bond acceptors (Lipinski definition) is 6. The predicted molar refractivity (Wildman–Crippen MR) is 92.4 cm³/mol. The molecule has 0 aliphatic carbocycles. The molecule has 3 N–H and O–H groups in total. The van der Waals surface area contributed by atoms with Crippen LogP contribution in [0, 0.1) is 0 Å². The largest absolute Gasteiger partial charge is 0.342 e. The fourth-order valence-electron chi connectivity index (χ4n) is 1.74. The standard InChI is InChI=1S/C15H17N5O3S/c1-3-10-4-6-11(7-5-10)8-16-18-12(21)9(2)24-14-13(22)17-15(23)20-19-14/h4-9H,3H2,1-2H3,(H,18,21)(H2,17,20,22,23)/b16-8+. The van der Waals surface area contributed by atoms with Gasteiger partial charge < -0.3 is 0 Å². The third kappa shape index (κ3) is 4.92. The van der Waals surface area contributed by atoms with Gasteiger partial charge in [0, 0.05) is 0 Å². The summed E-state index contributed by atoms with van der Waals surface area (Å²) >= 11 is 0.927. The van der Waals surface area contributed by atoms with Crippen LogP contribution in [0.4, 0.5) is 0 Å². The van der Waals surface area contributed by atoms with Gasteiger partial charge in [-0.3, -0.25) is 14.6 Å². The van der Waals surface area contributed by atoms with Gasteiger partial charge in [0.2, 0.25) is 0 Å². The van der Waals surface area contributed by atoms with Gasteiger partial charge in [-0.05, 0) is 24.5 Å². The van der Waals surface area contributed by atoms with Gasteiger partial charge in [-0.2, -0.15) is 10.2 Å². The number of nitrogens with zero attached hydrogens (tertiary/aromatic N) is 2. The highest BCUT2D eigenvalue weighted by molar-refractivity contribution is 8.00. The van der Waals surface area contributed by atoms with Crippen molar-refractivity contribution in [3.63, 3.8) is 0 Å². The number of thioether (sulfide) groups is 1. The topological polar surface area (TPSA) is 120 Å². The van der Waals surface area contributed by atoms with Gasteiger partial charge in [-0.15, -0.1) is 0 Å². The SMILES string of the molecule is CCc1ccc(/C=N/NC(=O)C(C)Sc2n[nH]c(=O)[nH]c2=O)cc1. The maximum Gasteiger partial charge on any atom is 0.342 e. The lowest BCUT2D eigenvalue weighted by atomic mass is 10.1. The molecule has 2 rings (SSSR count). The first-order valence-corrected chi connectivity index (χ1v) is 8.15. The number of amides is 1. The maximum atomic E-state index is 12.0. The summed E-state index contributed by atoms with van der Waals surface area (Å²) in [6, 6.07) is 7.82. The summed E-state index contributed by atoms with van der Waals surface area (Å²) in [5.74, 6) is -0.381. The molecular formula is C15H17N5O3S. The monoisotopic (exact) mass is 347 g/mol. The zero-order valence-corrected chi connectivity index (χ0v) is 14.0. The summed E-state index contributed by atoms with van der Waals surface area (Å²) in [4.78, 5) is 36.4. The van der Waals surface area contributed by atoms with E-state index in [1.165, 1.54) is 5.56 Å². The molecule has 1 atom stereocenters. The van der Waals surface area contributed by atoms with E-state index in [1.54, 1.807) is 13.1 Å². The molecule has 0 saturated carbocycles. The molecule has 0 aliphatic rings. The van der Waals surface area contributed by atoms with Crippen molar-refractivity contribution in [1.29, 1.82) is 0 Å². The van der Waals surface area contributed by atoms with Crippen LogP contribution < -0.4 is 16.7 Å². The number of H-pyrrole nitrogens is 2. The molecule has 1 unspecified atom stereocenters. The van der Waals surface area contributed by atoms with E-state index < -0.39 is 16.5 Å². The van der Waals surface area contributed by atoms with Crippen LogP contribution in [-0.2, 0) is 11.2 Å². The maximum absolute atomic E-state index is 12.0. The predicted octanol–water partition coefficient (Wildman–Crippen LogP) is 0.651. The number of nitrogens with one attached hydrogen (secondary N) is 3. The molecule has 1 aromatic heterocycles. The summed E-state index contributed by atoms with van der Waals surface area (Å²) in [6.45, 7) is 3.68. The molecule has 0 bridgehead atoms. The van der Waals surface area contributed by atoms with Crippen molar-refractivity contribution >= 4 is 23.9 Å². The second kappa shape index (κ2) is 8.25. The van der Waals surface area contributed by atoms with Crippen LogP contribution >= 0.6 is 11.8 Å². The van der Waals surface area contributed by atoms with Crippen molar-refractivity contribution in [2.75, 3.05) is 0 Å². The average Bonchev–Trinajstić information content (AvgIpc) is 2.57. The van der Waals surface area contributed by atoms with Crippen LogP contribution in [0.25, 0.3) is 0 Å². The first kappa shape index (κ1) is 17.7. The third-order valence-electron chi connectivity index (χ3n) is 3.11. The molecule has 1 heterocycles. The molecule has 9 heteroatoms. The normalized spacial score (nSPS) is 12.2. The minimum absolute atomic E-state index is 0.0105. The molecule has 0 spiro atoms. The first-order chi connectivity index (χ1) is 11.5. The lowest BCUT2D eigenvalue weighted by Crippen LogP contribution is -2.30. The number of hydrazone groups is 1. The number of aromatic amines is 2. The van der Waals surface area contributed by atoms with Gasteiger partial charge in [-0.25, -0.2) is 15.3 Å². The van der Waals surface area contributed by atoms with E-state index in [0.29, 0.717) is 0 Å². The van der Waals surface area contributed by atoms with Gasteiger partial charge in [0.25, 0.3) is 11.5 Å². The highest BCUT2D eigenvalue weighted by Crippen LogP contribution is 2.16. The van der Waals surface area contributed by atoms with Crippen molar-refractivity contribution in [2.45, 2.75) is 30.5 Å². The lowest BCUT2D eigenvalue weighted by molar-refractivity contribution is -0.120. The van der Waals surface area contributed by atoms with Crippen LogP contribution in [-0.4, -0.2) is 32.6 Å². The Morgan fingerprint density at radius 2 is 2.08 bits per heavy atom. The average molecular weight is 347 g/mol. The quantitative estimate of drug-likeness (QED) is 0.403. The summed E-state index contributed by atoms with van der Waals surface area (Å²) < 4.78 is 0. The number of rotatable bonds is 6. The molecule has 8 nitrogen and oxygen atoms in total. The molecule has 1 amide bonds. The fraction of sp³-hybridized carbons (Fsp3) is 0.267. The van der Waals surface area contributed by atoms with E-state index in [4.69, 9.17) is 0 Å². The van der Waals surface area contributed by atoms with Crippen molar-refractivity contribution < 1.29 is 4.79 Å². The zero-order chi connectivity index (χ0) is 17.5. The fourth-order valence-corrected chi connectivity index (χ4v) is 2.49. The number of benzene rings is 1. The molecule has 0 saturated heterocycles. The summed E-state index contributed by atoms with van der Waals surface area (Å²) in [7, 11) is 0. The number of aromatic nitrogens is 3. The van der Waals surface area contributed by atoms with Gasteiger partial charge in [-0.1, -0.05) is 43.0 Å². The number of aryl methyl sites for hydroxylation is 1. The smallest absolute Gasteiger partial charge is 0.272 e. The van der Waals surface area contributed by atoms with Crippen molar-refractivity contribution in [2.24, 2.45) is 5.10 Å². The summed E-state index contributed by atoms with van der Waals surface area (Å²) in [5, 5.41) is 9.02. The van der Waals surface area contributed by atoms with Crippen molar-refractivity contribution in [3.05, 3.63) is 56.2 Å². The second-order valence-electron chi connectivity index (χ2n) is 4.90. The van der Waals surface area contributed by atoms with Crippen LogP contribution in [0.5, 0.6) is 0 Å². The summed E-state index contributed by atoms with van der Waals surface area (Å²) in [5.41, 5.74) is 3.17. The minimum Gasteiger partial charge on any atom is -0.272 e. The second-order valence-corrected chi connectivity index (χ2v) is 6.23. The Morgan fingerprint density at radius 1 is 1.38 bits per heavy atom. The van der Waals surface area contributed by atoms with Crippen molar-refractivity contribution in [3.8, 4) is 0 Å². The van der Waals surface area contributed by atoms with Gasteiger partial charge in [0.05, 0.1) is 11.5 Å². The minimum atomic E-state index is -0.694. The highest BCUT2D eigenvalue weighted by atomic mass is 32.2.